The van der Waals surface area contributed by atoms with Gasteiger partial charge in [0.15, 0.2) is 0 Å². The molecular formula is C12H23N3. The molecule has 0 aliphatic carbocycles. The Morgan fingerprint density at radius 3 is 3.07 bits per heavy atom. The normalized spacial score (nSPS) is 28.6. The summed E-state index contributed by atoms with van der Waals surface area (Å²) < 4.78 is 0. The number of nitrogens with one attached hydrogen (secondary N) is 1. The van der Waals surface area contributed by atoms with E-state index in [1.54, 1.807) is 0 Å². The van der Waals surface area contributed by atoms with Gasteiger partial charge in [-0.15, -0.1) is 0 Å². The number of aliphatic imine (C=N–C) groups is 1. The lowest BCUT2D eigenvalue weighted by atomic mass is 9.98. The van der Waals surface area contributed by atoms with Gasteiger partial charge in [0.2, 0.25) is 0 Å². The largest absolute Gasteiger partial charge is 0.374 e. The zero-order valence-corrected chi connectivity index (χ0v) is 9.84. The highest BCUT2D eigenvalue weighted by atomic mass is 15.1. The van der Waals surface area contributed by atoms with E-state index in [1.807, 2.05) is 0 Å². The first kappa shape index (κ1) is 10.9. The fraction of sp³-hybridized carbons (Fsp3) is 0.917. The summed E-state index contributed by atoms with van der Waals surface area (Å²) in [5.41, 5.74) is 0. The summed E-state index contributed by atoms with van der Waals surface area (Å²) in [6, 6.07) is 0. The van der Waals surface area contributed by atoms with E-state index < -0.39 is 0 Å². The van der Waals surface area contributed by atoms with Crippen molar-refractivity contribution in [3.63, 3.8) is 0 Å². The molecule has 0 amide bonds. The monoisotopic (exact) mass is 209 g/mol. The molecule has 0 bridgehead atoms. The Morgan fingerprint density at radius 2 is 2.33 bits per heavy atom. The van der Waals surface area contributed by atoms with E-state index in [2.05, 4.69) is 22.3 Å². The topological polar surface area (TPSA) is 27.6 Å². The zero-order valence-electron chi connectivity index (χ0n) is 9.84. The minimum absolute atomic E-state index is 0.827. The standard InChI is InChI=1S/C12H23N3/c1-15-8-4-5-11(10-15)9-14-12-6-2-3-7-13-12/h11H,2-10H2,1H3,(H,13,14). The lowest BCUT2D eigenvalue weighted by molar-refractivity contribution is 0.210. The van der Waals surface area contributed by atoms with Crippen molar-refractivity contribution >= 4 is 5.84 Å². The van der Waals surface area contributed by atoms with Crippen molar-refractivity contribution in [3.05, 3.63) is 0 Å². The summed E-state index contributed by atoms with van der Waals surface area (Å²) in [7, 11) is 2.23. The Labute approximate surface area is 92.9 Å². The molecule has 3 nitrogen and oxygen atoms in total. The summed E-state index contributed by atoms with van der Waals surface area (Å²) in [6.45, 7) is 4.69. The van der Waals surface area contributed by atoms with Gasteiger partial charge in [0.25, 0.3) is 0 Å². The lowest BCUT2D eigenvalue weighted by Crippen LogP contribution is -2.39. The van der Waals surface area contributed by atoms with E-state index >= 15 is 0 Å². The molecule has 0 radical (unpaired) electrons. The molecule has 1 atom stereocenters. The van der Waals surface area contributed by atoms with Crippen LogP contribution in [0.25, 0.3) is 0 Å². The van der Waals surface area contributed by atoms with Crippen molar-refractivity contribution < 1.29 is 0 Å². The van der Waals surface area contributed by atoms with Gasteiger partial charge in [-0.25, -0.2) is 0 Å². The quantitative estimate of drug-likeness (QED) is 0.746. The third-order valence-electron chi connectivity index (χ3n) is 3.44. The van der Waals surface area contributed by atoms with Crippen LogP contribution >= 0.6 is 0 Å². The van der Waals surface area contributed by atoms with Gasteiger partial charge in [0.05, 0.1) is 5.84 Å². The summed E-state index contributed by atoms with van der Waals surface area (Å²) >= 11 is 0. The van der Waals surface area contributed by atoms with E-state index in [0.717, 1.165) is 19.0 Å². The second-order valence-electron chi connectivity index (χ2n) is 4.94. The van der Waals surface area contributed by atoms with Gasteiger partial charge in [-0.1, -0.05) is 0 Å². The highest BCUT2D eigenvalue weighted by Gasteiger charge is 2.17. The number of likely N-dealkylation sites (tertiary alicyclic amines) is 1. The van der Waals surface area contributed by atoms with Gasteiger partial charge in [-0.2, -0.15) is 0 Å². The second kappa shape index (κ2) is 5.50. The molecule has 3 heteroatoms. The molecule has 2 rings (SSSR count). The van der Waals surface area contributed by atoms with Crippen LogP contribution in [0, 0.1) is 5.92 Å². The SMILES string of the molecule is CN1CCCC(CNC2=NCCCC2)C1. The van der Waals surface area contributed by atoms with Crippen LogP contribution in [0.1, 0.15) is 32.1 Å². The molecule has 2 aliphatic heterocycles. The molecule has 1 N–H and O–H groups in total. The van der Waals surface area contributed by atoms with Gasteiger partial charge >= 0.3 is 0 Å². The molecule has 1 saturated heterocycles. The van der Waals surface area contributed by atoms with Crippen LogP contribution in [-0.2, 0) is 0 Å². The number of piperidine rings is 1. The van der Waals surface area contributed by atoms with Crippen LogP contribution in [0.2, 0.25) is 0 Å². The minimum atomic E-state index is 0.827. The van der Waals surface area contributed by atoms with Gasteiger partial charge in [0.1, 0.15) is 0 Å². The molecule has 1 fully saturated rings. The fourth-order valence-electron chi connectivity index (χ4n) is 2.54. The number of amidine groups is 1. The summed E-state index contributed by atoms with van der Waals surface area (Å²) in [5.74, 6) is 2.09. The number of nitrogens with zero attached hydrogens (tertiary/aromatic N) is 2. The van der Waals surface area contributed by atoms with Crippen LogP contribution < -0.4 is 5.32 Å². The highest BCUT2D eigenvalue weighted by molar-refractivity contribution is 5.82. The molecule has 0 aromatic rings. The van der Waals surface area contributed by atoms with Crippen molar-refractivity contribution in [2.24, 2.45) is 10.9 Å². The molecular weight excluding hydrogens is 186 g/mol. The van der Waals surface area contributed by atoms with E-state index in [9.17, 15) is 0 Å². The Hall–Kier alpha value is -0.570. The van der Waals surface area contributed by atoms with Crippen LogP contribution in [0.4, 0.5) is 0 Å². The van der Waals surface area contributed by atoms with Gasteiger partial charge in [-0.3, -0.25) is 4.99 Å². The maximum atomic E-state index is 4.52. The van der Waals surface area contributed by atoms with Gasteiger partial charge < -0.3 is 10.2 Å². The van der Waals surface area contributed by atoms with Crippen LogP contribution in [-0.4, -0.2) is 44.0 Å². The first-order valence-electron chi connectivity index (χ1n) is 6.30. The summed E-state index contributed by atoms with van der Waals surface area (Å²) in [4.78, 5) is 6.97. The Bertz CT molecular complexity index is 225. The molecule has 2 heterocycles. The molecule has 15 heavy (non-hydrogen) atoms. The maximum Gasteiger partial charge on any atom is 0.0963 e. The number of hydrogen-bond acceptors (Lipinski definition) is 3. The van der Waals surface area contributed by atoms with Crippen molar-refractivity contribution in [1.82, 2.24) is 10.2 Å². The predicted molar refractivity (Wildman–Crippen MR) is 64.4 cm³/mol. The first-order valence-corrected chi connectivity index (χ1v) is 6.30. The van der Waals surface area contributed by atoms with Crippen molar-refractivity contribution in [1.29, 1.82) is 0 Å². The van der Waals surface area contributed by atoms with E-state index in [-0.39, 0.29) is 0 Å². The maximum absolute atomic E-state index is 4.52. The molecule has 0 aromatic heterocycles. The van der Waals surface area contributed by atoms with Gasteiger partial charge in [0, 0.05) is 26.1 Å². The first-order chi connectivity index (χ1) is 7.34. The molecule has 1 unspecified atom stereocenters. The summed E-state index contributed by atoms with van der Waals surface area (Å²) in [6.07, 6.45) is 6.50. The minimum Gasteiger partial charge on any atom is -0.374 e. The Balaban J connectivity index is 1.70. The highest BCUT2D eigenvalue weighted by Crippen LogP contribution is 2.14. The molecule has 86 valence electrons. The van der Waals surface area contributed by atoms with Crippen LogP contribution in [0.5, 0.6) is 0 Å². The number of hydrogen-bond donors (Lipinski definition) is 1. The molecule has 2 aliphatic rings. The smallest absolute Gasteiger partial charge is 0.0963 e. The lowest BCUT2D eigenvalue weighted by Gasteiger charge is -2.30. The van der Waals surface area contributed by atoms with E-state index in [1.165, 1.54) is 51.0 Å². The average molecular weight is 209 g/mol. The zero-order chi connectivity index (χ0) is 10.5. The average Bonchev–Trinajstić information content (AvgIpc) is 2.28. The third kappa shape index (κ3) is 3.49. The Kier molecular flexibility index (Phi) is 4.01. The molecule has 0 aromatic carbocycles. The fourth-order valence-corrected chi connectivity index (χ4v) is 2.54. The van der Waals surface area contributed by atoms with Gasteiger partial charge in [-0.05, 0) is 45.2 Å². The van der Waals surface area contributed by atoms with E-state index in [0.29, 0.717) is 0 Å². The van der Waals surface area contributed by atoms with E-state index in [4.69, 9.17) is 0 Å². The second-order valence-corrected chi connectivity index (χ2v) is 4.94. The molecule has 0 spiro atoms. The summed E-state index contributed by atoms with van der Waals surface area (Å²) in [5, 5.41) is 3.54. The van der Waals surface area contributed by atoms with Crippen molar-refractivity contribution in [2.45, 2.75) is 32.1 Å². The van der Waals surface area contributed by atoms with Crippen molar-refractivity contribution in [2.75, 3.05) is 33.2 Å². The van der Waals surface area contributed by atoms with Crippen LogP contribution in [0.15, 0.2) is 4.99 Å². The third-order valence-corrected chi connectivity index (χ3v) is 3.44. The predicted octanol–water partition coefficient (Wildman–Crippen LogP) is 1.50. The Morgan fingerprint density at radius 1 is 1.40 bits per heavy atom. The molecule has 0 saturated carbocycles. The van der Waals surface area contributed by atoms with Crippen molar-refractivity contribution in [3.8, 4) is 0 Å². The number of rotatable bonds is 2. The van der Waals surface area contributed by atoms with Crippen LogP contribution in [0.3, 0.4) is 0 Å².